The SMILES string of the molecule is CCNC(=O)[C@H](C)OC(=O)c1ccc(COc2ccc3c(C)cc(=O)oc3c2)cc1. The first-order valence-corrected chi connectivity index (χ1v) is 9.62. The summed E-state index contributed by atoms with van der Waals surface area (Å²) in [5.41, 5.74) is 2.10. The van der Waals surface area contributed by atoms with Gasteiger partial charge in [-0.1, -0.05) is 12.1 Å². The molecular formula is C23H23NO6. The Morgan fingerprint density at radius 2 is 1.83 bits per heavy atom. The maximum Gasteiger partial charge on any atom is 0.338 e. The van der Waals surface area contributed by atoms with Crippen molar-refractivity contribution in [1.82, 2.24) is 5.32 Å². The highest BCUT2D eigenvalue weighted by atomic mass is 16.5. The molecule has 0 fully saturated rings. The van der Waals surface area contributed by atoms with Gasteiger partial charge in [-0.05, 0) is 56.2 Å². The molecule has 1 heterocycles. The van der Waals surface area contributed by atoms with E-state index in [1.807, 2.05) is 19.1 Å². The molecule has 156 valence electrons. The van der Waals surface area contributed by atoms with Crippen LogP contribution in [-0.4, -0.2) is 24.5 Å². The quantitative estimate of drug-likeness (QED) is 0.475. The number of hydrogen-bond donors (Lipinski definition) is 1. The van der Waals surface area contributed by atoms with E-state index < -0.39 is 17.7 Å². The monoisotopic (exact) mass is 409 g/mol. The first-order valence-electron chi connectivity index (χ1n) is 9.62. The van der Waals surface area contributed by atoms with Crippen LogP contribution < -0.4 is 15.7 Å². The minimum Gasteiger partial charge on any atom is -0.489 e. The lowest BCUT2D eigenvalue weighted by Gasteiger charge is -2.13. The molecular weight excluding hydrogens is 386 g/mol. The lowest BCUT2D eigenvalue weighted by atomic mass is 10.1. The number of fused-ring (bicyclic) bond motifs is 1. The van der Waals surface area contributed by atoms with Gasteiger partial charge in [-0.25, -0.2) is 9.59 Å². The molecule has 0 saturated carbocycles. The average molecular weight is 409 g/mol. The van der Waals surface area contributed by atoms with Gasteiger partial charge in [0.05, 0.1) is 5.56 Å². The summed E-state index contributed by atoms with van der Waals surface area (Å²) in [7, 11) is 0. The Hall–Kier alpha value is -3.61. The van der Waals surface area contributed by atoms with Crippen molar-refractivity contribution in [2.24, 2.45) is 0 Å². The third-order valence-electron chi connectivity index (χ3n) is 4.52. The maximum absolute atomic E-state index is 12.2. The van der Waals surface area contributed by atoms with Gasteiger partial charge in [0, 0.05) is 24.1 Å². The van der Waals surface area contributed by atoms with Crippen molar-refractivity contribution in [3.05, 3.63) is 75.6 Å². The molecule has 0 spiro atoms. The second kappa shape index (κ2) is 9.26. The van der Waals surface area contributed by atoms with Crippen molar-refractivity contribution in [1.29, 1.82) is 0 Å². The van der Waals surface area contributed by atoms with Crippen LogP contribution in [-0.2, 0) is 16.1 Å². The molecule has 0 aliphatic carbocycles. The van der Waals surface area contributed by atoms with Crippen LogP contribution in [0.1, 0.15) is 35.3 Å². The second-order valence-corrected chi connectivity index (χ2v) is 6.83. The Kier molecular flexibility index (Phi) is 6.51. The van der Waals surface area contributed by atoms with Gasteiger partial charge < -0.3 is 19.2 Å². The number of amides is 1. The van der Waals surface area contributed by atoms with Gasteiger partial charge in [-0.3, -0.25) is 4.79 Å². The fraction of sp³-hybridized carbons (Fsp3) is 0.261. The maximum atomic E-state index is 12.2. The number of benzene rings is 2. The third kappa shape index (κ3) is 5.05. The van der Waals surface area contributed by atoms with Crippen LogP contribution in [0.25, 0.3) is 11.0 Å². The van der Waals surface area contributed by atoms with Gasteiger partial charge in [-0.15, -0.1) is 0 Å². The number of rotatable bonds is 7. The summed E-state index contributed by atoms with van der Waals surface area (Å²) >= 11 is 0. The van der Waals surface area contributed by atoms with Gasteiger partial charge in [0.2, 0.25) is 0 Å². The molecule has 2 aromatic carbocycles. The predicted octanol–water partition coefficient (Wildman–Crippen LogP) is 3.36. The number of carbonyl (C=O) groups is 2. The molecule has 7 nitrogen and oxygen atoms in total. The summed E-state index contributed by atoms with van der Waals surface area (Å²) in [6.45, 7) is 5.91. The van der Waals surface area contributed by atoms with E-state index in [2.05, 4.69) is 5.32 Å². The number of carbonyl (C=O) groups excluding carboxylic acids is 2. The van der Waals surface area contributed by atoms with Crippen molar-refractivity contribution in [2.75, 3.05) is 6.54 Å². The molecule has 1 atom stereocenters. The van der Waals surface area contributed by atoms with Gasteiger partial charge in [-0.2, -0.15) is 0 Å². The van der Waals surface area contributed by atoms with Crippen LogP contribution in [0, 0.1) is 6.92 Å². The lowest BCUT2D eigenvalue weighted by molar-refractivity contribution is -0.128. The van der Waals surface area contributed by atoms with Gasteiger partial charge in [0.1, 0.15) is 17.9 Å². The molecule has 0 saturated heterocycles. The molecule has 0 bridgehead atoms. The van der Waals surface area contributed by atoms with Crippen molar-refractivity contribution in [3.8, 4) is 5.75 Å². The topological polar surface area (TPSA) is 94.8 Å². The van der Waals surface area contributed by atoms with Crippen LogP contribution in [0.5, 0.6) is 5.75 Å². The first-order chi connectivity index (χ1) is 14.4. The van der Waals surface area contributed by atoms with Crippen LogP contribution in [0.2, 0.25) is 0 Å². The van der Waals surface area contributed by atoms with E-state index in [1.165, 1.54) is 13.0 Å². The predicted molar refractivity (Wildman–Crippen MR) is 112 cm³/mol. The Labute approximate surface area is 173 Å². The first kappa shape index (κ1) is 21.1. The van der Waals surface area contributed by atoms with E-state index in [4.69, 9.17) is 13.9 Å². The summed E-state index contributed by atoms with van der Waals surface area (Å²) in [4.78, 5) is 35.4. The second-order valence-electron chi connectivity index (χ2n) is 6.83. The average Bonchev–Trinajstić information content (AvgIpc) is 2.72. The minimum atomic E-state index is -0.864. The summed E-state index contributed by atoms with van der Waals surface area (Å²) in [6.07, 6.45) is -0.864. The number of aryl methyl sites for hydroxylation is 1. The smallest absolute Gasteiger partial charge is 0.338 e. The highest BCUT2D eigenvalue weighted by Crippen LogP contribution is 2.23. The van der Waals surface area contributed by atoms with E-state index in [9.17, 15) is 14.4 Å². The third-order valence-corrected chi connectivity index (χ3v) is 4.52. The highest BCUT2D eigenvalue weighted by Gasteiger charge is 2.18. The summed E-state index contributed by atoms with van der Waals surface area (Å²) in [5.74, 6) is -0.339. The summed E-state index contributed by atoms with van der Waals surface area (Å²) < 4.78 is 16.2. The molecule has 7 heteroatoms. The molecule has 0 aliphatic heterocycles. The van der Waals surface area contributed by atoms with Gasteiger partial charge in [0.25, 0.3) is 5.91 Å². The zero-order chi connectivity index (χ0) is 21.7. The standard InChI is InChI=1S/C23H23NO6/c1-4-24-22(26)15(3)29-23(27)17-7-5-16(6-8-17)13-28-18-9-10-19-14(2)11-21(25)30-20(19)12-18/h5-12,15H,4,13H2,1-3H3,(H,24,26)/t15-/m0/s1. The molecule has 1 amide bonds. The van der Waals surface area contributed by atoms with Crippen molar-refractivity contribution < 1.29 is 23.5 Å². The van der Waals surface area contributed by atoms with E-state index in [0.717, 1.165) is 16.5 Å². The zero-order valence-corrected chi connectivity index (χ0v) is 17.1. The van der Waals surface area contributed by atoms with Crippen LogP contribution >= 0.6 is 0 Å². The summed E-state index contributed by atoms with van der Waals surface area (Å²) in [5, 5.41) is 3.46. The fourth-order valence-electron chi connectivity index (χ4n) is 2.90. The zero-order valence-electron chi connectivity index (χ0n) is 17.1. The van der Waals surface area contributed by atoms with Crippen molar-refractivity contribution in [3.63, 3.8) is 0 Å². The number of hydrogen-bond acceptors (Lipinski definition) is 6. The number of nitrogens with one attached hydrogen (secondary N) is 1. The highest BCUT2D eigenvalue weighted by molar-refractivity contribution is 5.92. The van der Waals surface area contributed by atoms with Crippen molar-refractivity contribution in [2.45, 2.75) is 33.5 Å². The molecule has 30 heavy (non-hydrogen) atoms. The number of likely N-dealkylation sites (N-methyl/N-ethyl adjacent to an activating group) is 1. The van der Waals surface area contributed by atoms with E-state index in [0.29, 0.717) is 23.4 Å². The van der Waals surface area contributed by atoms with E-state index >= 15 is 0 Å². The largest absolute Gasteiger partial charge is 0.489 e. The molecule has 0 unspecified atom stereocenters. The van der Waals surface area contributed by atoms with Gasteiger partial charge >= 0.3 is 11.6 Å². The molecule has 3 rings (SSSR count). The minimum absolute atomic E-state index is 0.270. The van der Waals surface area contributed by atoms with Crippen LogP contribution in [0.15, 0.2) is 57.7 Å². The van der Waals surface area contributed by atoms with Crippen molar-refractivity contribution >= 4 is 22.8 Å². The summed E-state index contributed by atoms with van der Waals surface area (Å²) in [6, 6.07) is 13.5. The van der Waals surface area contributed by atoms with Crippen LogP contribution in [0.4, 0.5) is 0 Å². The molecule has 3 aromatic rings. The Balaban J connectivity index is 1.62. The molecule has 0 aliphatic rings. The lowest BCUT2D eigenvalue weighted by Crippen LogP contribution is -2.35. The number of ether oxygens (including phenoxy) is 2. The number of esters is 1. The molecule has 0 radical (unpaired) electrons. The Morgan fingerprint density at radius 3 is 2.53 bits per heavy atom. The van der Waals surface area contributed by atoms with Gasteiger partial charge in [0.15, 0.2) is 6.10 Å². The normalized spacial score (nSPS) is 11.7. The van der Waals surface area contributed by atoms with E-state index in [1.54, 1.807) is 37.3 Å². The Morgan fingerprint density at radius 1 is 1.10 bits per heavy atom. The Bertz CT molecular complexity index is 1120. The molecule has 1 aromatic heterocycles. The molecule has 1 N–H and O–H groups in total. The van der Waals surface area contributed by atoms with Crippen LogP contribution in [0.3, 0.4) is 0 Å². The van der Waals surface area contributed by atoms with E-state index in [-0.39, 0.29) is 12.5 Å². The fourth-order valence-corrected chi connectivity index (χ4v) is 2.90.